The summed E-state index contributed by atoms with van der Waals surface area (Å²) in [6.45, 7) is 5.06. The fourth-order valence-corrected chi connectivity index (χ4v) is 3.85. The zero-order valence-electron chi connectivity index (χ0n) is 11.0. The smallest absolute Gasteiger partial charge is 0.156 e. The van der Waals surface area contributed by atoms with Crippen LogP contribution in [0.5, 0.6) is 11.5 Å². The Kier molecular flexibility index (Phi) is 3.93. The first-order chi connectivity index (χ1) is 9.83. The highest BCUT2D eigenvalue weighted by Crippen LogP contribution is 2.52. The summed E-state index contributed by atoms with van der Waals surface area (Å²) in [7, 11) is 0. The van der Waals surface area contributed by atoms with E-state index < -0.39 is 0 Å². The van der Waals surface area contributed by atoms with Gasteiger partial charge in [0.25, 0.3) is 0 Å². The molecule has 0 N–H and O–H groups in total. The number of hydrogen-bond acceptors (Lipinski definition) is 8. The summed E-state index contributed by atoms with van der Waals surface area (Å²) in [6.07, 6.45) is 3.27. The predicted molar refractivity (Wildman–Crippen MR) is 74.6 cm³/mol. The second-order valence-corrected chi connectivity index (χ2v) is 5.75. The molecule has 0 saturated heterocycles. The molecule has 0 bridgehead atoms. The Morgan fingerprint density at radius 1 is 0.850 bits per heavy atom. The highest BCUT2D eigenvalue weighted by Gasteiger charge is 2.26. The quantitative estimate of drug-likeness (QED) is 0.728. The van der Waals surface area contributed by atoms with E-state index in [2.05, 4.69) is 20.4 Å². The van der Waals surface area contributed by atoms with Crippen molar-refractivity contribution in [1.82, 2.24) is 20.4 Å². The van der Waals surface area contributed by atoms with E-state index in [1.807, 2.05) is 13.8 Å². The van der Waals surface area contributed by atoms with Crippen molar-refractivity contribution in [2.75, 3.05) is 13.2 Å². The highest BCUT2D eigenvalue weighted by atomic mass is 32.2. The van der Waals surface area contributed by atoms with Gasteiger partial charge in [-0.3, -0.25) is 0 Å². The lowest BCUT2D eigenvalue weighted by atomic mass is 10.5. The zero-order valence-corrected chi connectivity index (χ0v) is 12.6. The minimum Gasteiger partial charge on any atom is -0.491 e. The Balaban J connectivity index is 2.03. The third kappa shape index (κ3) is 2.40. The molecule has 8 heteroatoms. The fraction of sp³-hybridized carbons (Fsp3) is 0.333. The summed E-state index contributed by atoms with van der Waals surface area (Å²) in [5.41, 5.74) is 0. The van der Waals surface area contributed by atoms with Gasteiger partial charge >= 0.3 is 0 Å². The van der Waals surface area contributed by atoms with Crippen molar-refractivity contribution in [2.45, 2.75) is 33.7 Å². The van der Waals surface area contributed by atoms with E-state index >= 15 is 0 Å². The van der Waals surface area contributed by atoms with Crippen LogP contribution in [-0.4, -0.2) is 33.6 Å². The van der Waals surface area contributed by atoms with E-state index in [0.29, 0.717) is 13.2 Å². The Morgan fingerprint density at radius 2 is 1.35 bits per heavy atom. The summed E-state index contributed by atoms with van der Waals surface area (Å²) >= 11 is 2.97. The highest BCUT2D eigenvalue weighted by molar-refractivity contribution is 8.05. The molecule has 0 fully saturated rings. The van der Waals surface area contributed by atoms with Crippen molar-refractivity contribution >= 4 is 23.5 Å². The molecule has 3 heterocycles. The number of ether oxygens (including phenoxy) is 2. The van der Waals surface area contributed by atoms with Crippen molar-refractivity contribution in [3.8, 4) is 11.5 Å². The minimum absolute atomic E-state index is 0.586. The first-order valence-electron chi connectivity index (χ1n) is 6.16. The molecule has 0 unspecified atom stereocenters. The molecule has 1 aliphatic rings. The van der Waals surface area contributed by atoms with Crippen LogP contribution in [0, 0.1) is 0 Å². The summed E-state index contributed by atoms with van der Waals surface area (Å²) in [5.74, 6) is 1.47. The van der Waals surface area contributed by atoms with Crippen LogP contribution in [0.3, 0.4) is 0 Å². The summed E-state index contributed by atoms with van der Waals surface area (Å²) in [5, 5.41) is 17.8. The maximum Gasteiger partial charge on any atom is 0.156 e. The van der Waals surface area contributed by atoms with Crippen LogP contribution in [0.25, 0.3) is 0 Å². The van der Waals surface area contributed by atoms with Crippen molar-refractivity contribution in [1.29, 1.82) is 0 Å². The number of aromatic nitrogens is 4. The van der Waals surface area contributed by atoms with Gasteiger partial charge in [-0.05, 0) is 25.6 Å². The summed E-state index contributed by atoms with van der Waals surface area (Å²) < 4.78 is 11.2. The molecular formula is C12H12N4O2S2. The third-order valence-electron chi connectivity index (χ3n) is 2.48. The van der Waals surface area contributed by atoms with Crippen LogP contribution < -0.4 is 9.47 Å². The molecule has 0 aliphatic carbocycles. The van der Waals surface area contributed by atoms with Gasteiger partial charge < -0.3 is 9.47 Å². The van der Waals surface area contributed by atoms with Crippen LogP contribution >= 0.6 is 23.5 Å². The fourth-order valence-electron chi connectivity index (χ4n) is 1.72. The van der Waals surface area contributed by atoms with Crippen LogP contribution in [0.1, 0.15) is 13.8 Å². The normalized spacial score (nSPS) is 12.5. The molecule has 20 heavy (non-hydrogen) atoms. The number of rotatable bonds is 4. The Hall–Kier alpha value is -1.54. The molecule has 2 aromatic rings. The van der Waals surface area contributed by atoms with Gasteiger partial charge in [-0.1, -0.05) is 11.8 Å². The van der Waals surface area contributed by atoms with E-state index in [1.54, 1.807) is 12.4 Å². The van der Waals surface area contributed by atoms with Gasteiger partial charge in [0.2, 0.25) is 0 Å². The molecule has 6 nitrogen and oxygen atoms in total. The van der Waals surface area contributed by atoms with E-state index in [-0.39, 0.29) is 0 Å². The average Bonchev–Trinajstić information content (AvgIpc) is 2.47. The maximum absolute atomic E-state index is 5.61. The topological polar surface area (TPSA) is 70.0 Å². The van der Waals surface area contributed by atoms with Crippen LogP contribution in [0.2, 0.25) is 0 Å². The van der Waals surface area contributed by atoms with Gasteiger partial charge in [-0.25, -0.2) is 0 Å². The van der Waals surface area contributed by atoms with E-state index in [4.69, 9.17) is 9.47 Å². The summed E-state index contributed by atoms with van der Waals surface area (Å²) in [6, 6.07) is 0. The Labute approximate surface area is 124 Å². The van der Waals surface area contributed by atoms with E-state index in [1.165, 1.54) is 23.5 Å². The molecule has 0 spiro atoms. The van der Waals surface area contributed by atoms with Gasteiger partial charge in [0.15, 0.2) is 11.5 Å². The van der Waals surface area contributed by atoms with Crippen LogP contribution in [0.15, 0.2) is 32.2 Å². The molecule has 3 rings (SSSR count). The van der Waals surface area contributed by atoms with Gasteiger partial charge in [0.05, 0.1) is 35.4 Å². The van der Waals surface area contributed by atoms with Crippen molar-refractivity contribution in [2.24, 2.45) is 0 Å². The van der Waals surface area contributed by atoms with E-state index in [0.717, 1.165) is 31.3 Å². The van der Waals surface area contributed by atoms with Gasteiger partial charge in [-0.15, -0.1) is 10.2 Å². The van der Waals surface area contributed by atoms with Crippen molar-refractivity contribution in [3.63, 3.8) is 0 Å². The van der Waals surface area contributed by atoms with Crippen molar-refractivity contribution in [3.05, 3.63) is 12.4 Å². The SMILES string of the molecule is CCOc1cnnc2c1Sc1c(OCC)cnnc1S2. The lowest BCUT2D eigenvalue weighted by molar-refractivity contribution is 0.324. The predicted octanol–water partition coefficient (Wildman–Crippen LogP) is 2.68. The second kappa shape index (κ2) is 5.84. The van der Waals surface area contributed by atoms with Crippen LogP contribution in [-0.2, 0) is 0 Å². The van der Waals surface area contributed by atoms with E-state index in [9.17, 15) is 0 Å². The standard InChI is InChI=1S/C12H12N4O2S2/c1-3-17-7-5-13-15-11-9(7)19-10-8(18-4-2)6-14-16-12(10)20-11/h5-6H,3-4H2,1-2H3. The lowest BCUT2D eigenvalue weighted by Crippen LogP contribution is -2.04. The molecule has 1 aliphatic heterocycles. The number of fused-ring (bicyclic) bond motifs is 2. The lowest BCUT2D eigenvalue weighted by Gasteiger charge is -2.19. The summed E-state index contributed by atoms with van der Waals surface area (Å²) in [4.78, 5) is 1.90. The van der Waals surface area contributed by atoms with Gasteiger partial charge in [-0.2, -0.15) is 10.2 Å². The maximum atomic E-state index is 5.61. The molecular weight excluding hydrogens is 296 g/mol. The molecule has 0 radical (unpaired) electrons. The average molecular weight is 308 g/mol. The molecule has 0 atom stereocenters. The molecule has 2 aromatic heterocycles. The number of nitrogens with zero attached hydrogens (tertiary/aromatic N) is 4. The molecule has 0 saturated carbocycles. The molecule has 0 amide bonds. The Morgan fingerprint density at radius 3 is 1.80 bits per heavy atom. The number of hydrogen-bond donors (Lipinski definition) is 0. The first kappa shape index (κ1) is 13.4. The molecule has 104 valence electrons. The van der Waals surface area contributed by atoms with Crippen molar-refractivity contribution < 1.29 is 9.47 Å². The zero-order chi connectivity index (χ0) is 13.9. The van der Waals surface area contributed by atoms with Gasteiger partial charge in [0, 0.05) is 0 Å². The first-order valence-corrected chi connectivity index (χ1v) is 7.79. The molecule has 0 aromatic carbocycles. The largest absolute Gasteiger partial charge is 0.491 e. The van der Waals surface area contributed by atoms with Crippen LogP contribution in [0.4, 0.5) is 0 Å². The Bertz CT molecular complexity index is 585. The second-order valence-electron chi connectivity index (χ2n) is 3.76. The minimum atomic E-state index is 0.586. The monoisotopic (exact) mass is 308 g/mol. The third-order valence-corrected chi connectivity index (χ3v) is 4.89. The van der Waals surface area contributed by atoms with Gasteiger partial charge in [0.1, 0.15) is 10.1 Å².